The Morgan fingerprint density at radius 2 is 1.20 bits per heavy atom. The van der Waals surface area contributed by atoms with Gasteiger partial charge in [0, 0.05) is 23.3 Å². The van der Waals surface area contributed by atoms with E-state index in [1.807, 2.05) is 0 Å². The van der Waals surface area contributed by atoms with Gasteiger partial charge in [-0.1, -0.05) is 24.3 Å². The molecule has 0 aliphatic rings. The molecule has 4 rings (SSSR count). The fraction of sp³-hybridized carbons (Fsp3) is 0. The van der Waals surface area contributed by atoms with Crippen LogP contribution in [0.4, 0.5) is 0 Å². The Morgan fingerprint density at radius 1 is 0.733 bits per heavy atom. The number of tetrazole rings is 2. The Hall–Kier alpha value is -4.74. The first-order valence-corrected chi connectivity index (χ1v) is 8.43. The predicted octanol–water partition coefficient (Wildman–Crippen LogP) is 1.43. The second-order valence-corrected chi connectivity index (χ2v) is 6.04. The minimum absolute atomic E-state index is 0.175. The van der Waals surface area contributed by atoms with Crippen molar-refractivity contribution in [2.45, 2.75) is 0 Å². The molecule has 0 aliphatic carbocycles. The maximum atomic E-state index is 12.0. The highest BCUT2D eigenvalue weighted by molar-refractivity contribution is 6.06. The lowest BCUT2D eigenvalue weighted by atomic mass is 10.0. The van der Waals surface area contributed by atoms with E-state index in [1.54, 1.807) is 36.4 Å². The highest BCUT2D eigenvalue weighted by Crippen LogP contribution is 2.24. The van der Waals surface area contributed by atoms with Crippen LogP contribution >= 0.6 is 0 Å². The van der Waals surface area contributed by atoms with Gasteiger partial charge in [0.2, 0.25) is 23.2 Å². The van der Waals surface area contributed by atoms with Crippen LogP contribution in [0.3, 0.4) is 0 Å². The molecule has 2 aromatic carbocycles. The number of nitrogens with one attached hydrogen (secondary N) is 2. The smallest absolute Gasteiger partial charge is 0.244 e. The number of hydrogen-bond donors (Lipinski definition) is 4. The number of ketones is 2. The molecule has 12 nitrogen and oxygen atoms in total. The Balaban J connectivity index is 1.64. The van der Waals surface area contributed by atoms with Gasteiger partial charge in [0.05, 0.1) is 0 Å². The van der Waals surface area contributed by atoms with Crippen molar-refractivity contribution in [2.24, 2.45) is 0 Å². The van der Waals surface area contributed by atoms with Crippen LogP contribution in [-0.2, 0) is 0 Å². The Bertz CT molecular complexity index is 1200. The van der Waals surface area contributed by atoms with E-state index in [0.29, 0.717) is 16.5 Å². The van der Waals surface area contributed by atoms with E-state index in [-0.39, 0.29) is 23.2 Å². The molecule has 2 aromatic heterocycles. The average molecular weight is 404 g/mol. The molecular formula is C18H12N8O4. The molecule has 148 valence electrons. The molecule has 2 heterocycles. The molecule has 4 N–H and O–H groups in total. The maximum absolute atomic E-state index is 12.0. The fourth-order valence-electron chi connectivity index (χ4n) is 2.64. The maximum Gasteiger partial charge on any atom is 0.244 e. The van der Waals surface area contributed by atoms with Crippen molar-refractivity contribution in [1.29, 1.82) is 0 Å². The number of carbonyl (C=O) groups is 2. The van der Waals surface area contributed by atoms with Crippen LogP contribution in [0.15, 0.2) is 48.6 Å². The van der Waals surface area contributed by atoms with Gasteiger partial charge in [-0.05, 0) is 33.3 Å². The second kappa shape index (κ2) is 7.71. The summed E-state index contributed by atoms with van der Waals surface area (Å²) in [4.78, 5) is 24.0. The first-order valence-electron chi connectivity index (χ1n) is 8.43. The van der Waals surface area contributed by atoms with Crippen molar-refractivity contribution in [1.82, 2.24) is 41.2 Å². The Morgan fingerprint density at radius 3 is 1.60 bits per heavy atom. The van der Waals surface area contributed by atoms with Crippen LogP contribution in [0.2, 0.25) is 0 Å². The summed E-state index contributed by atoms with van der Waals surface area (Å²) >= 11 is 0. The minimum atomic E-state index is -0.615. The minimum Gasteiger partial charge on any atom is -0.507 e. The van der Waals surface area contributed by atoms with E-state index >= 15 is 0 Å². The van der Waals surface area contributed by atoms with Gasteiger partial charge in [-0.25, -0.2) is 0 Å². The van der Waals surface area contributed by atoms with E-state index in [1.165, 1.54) is 0 Å². The molecule has 0 fully saturated rings. The third-order valence-corrected chi connectivity index (χ3v) is 4.10. The number of aliphatic hydroxyl groups excluding tert-OH is 2. The number of aromatic amines is 2. The summed E-state index contributed by atoms with van der Waals surface area (Å²) in [7, 11) is 0. The molecule has 0 spiro atoms. The summed E-state index contributed by atoms with van der Waals surface area (Å²) in [5.41, 5.74) is 0.727. The number of aromatic nitrogens is 8. The molecular weight excluding hydrogens is 392 g/mol. The summed E-state index contributed by atoms with van der Waals surface area (Å²) < 4.78 is 0. The monoisotopic (exact) mass is 404 g/mol. The van der Waals surface area contributed by atoms with E-state index in [4.69, 9.17) is 0 Å². The van der Waals surface area contributed by atoms with Crippen molar-refractivity contribution in [3.63, 3.8) is 0 Å². The quantitative estimate of drug-likeness (QED) is 0.208. The number of allylic oxidation sites excluding steroid dienone is 2. The third kappa shape index (κ3) is 3.77. The molecule has 0 amide bonds. The van der Waals surface area contributed by atoms with Crippen molar-refractivity contribution < 1.29 is 19.8 Å². The highest BCUT2D eigenvalue weighted by atomic mass is 16.3. The summed E-state index contributed by atoms with van der Waals surface area (Å²) in [5.74, 6) is -2.16. The summed E-state index contributed by atoms with van der Waals surface area (Å²) in [6, 6.07) is 10.00. The van der Waals surface area contributed by atoms with Gasteiger partial charge in [0.1, 0.15) is 11.5 Å². The van der Waals surface area contributed by atoms with Gasteiger partial charge in [-0.2, -0.15) is 10.4 Å². The molecule has 0 unspecified atom stereocenters. The molecule has 0 saturated carbocycles. The lowest BCUT2D eigenvalue weighted by Crippen LogP contribution is -2.00. The number of hydrogen-bond acceptors (Lipinski definition) is 10. The van der Waals surface area contributed by atoms with Crippen molar-refractivity contribution in [3.8, 4) is 0 Å². The number of benzene rings is 2. The predicted molar refractivity (Wildman–Crippen MR) is 102 cm³/mol. The summed E-state index contributed by atoms with van der Waals surface area (Å²) in [5, 5.41) is 47.2. The number of nitrogens with zero attached hydrogens (tertiary/aromatic N) is 6. The third-order valence-electron chi connectivity index (χ3n) is 4.10. The average Bonchev–Trinajstić information content (AvgIpc) is 3.47. The van der Waals surface area contributed by atoms with E-state index < -0.39 is 11.6 Å². The highest BCUT2D eigenvalue weighted by Gasteiger charge is 2.12. The van der Waals surface area contributed by atoms with Gasteiger partial charge in [0.25, 0.3) is 0 Å². The lowest BCUT2D eigenvalue weighted by molar-refractivity contribution is 0.102. The van der Waals surface area contributed by atoms with Gasteiger partial charge < -0.3 is 10.2 Å². The normalized spacial score (nSPS) is 12.3. The number of rotatable bonds is 6. The van der Waals surface area contributed by atoms with Gasteiger partial charge >= 0.3 is 0 Å². The van der Waals surface area contributed by atoms with E-state index in [2.05, 4.69) is 41.2 Å². The van der Waals surface area contributed by atoms with Crippen LogP contribution in [0, 0.1) is 0 Å². The number of carbonyl (C=O) groups excluding carboxylic acids is 2. The molecule has 30 heavy (non-hydrogen) atoms. The topological polar surface area (TPSA) is 184 Å². The Labute approximate surface area is 166 Å². The molecule has 0 atom stereocenters. The zero-order valence-electron chi connectivity index (χ0n) is 15.0. The van der Waals surface area contributed by atoms with Crippen LogP contribution in [-0.4, -0.2) is 63.0 Å². The lowest BCUT2D eigenvalue weighted by Gasteiger charge is -2.06. The molecule has 4 aromatic rings. The van der Waals surface area contributed by atoms with Crippen LogP contribution in [0.1, 0.15) is 32.4 Å². The zero-order valence-corrected chi connectivity index (χ0v) is 15.0. The first-order chi connectivity index (χ1) is 14.5. The SMILES string of the molecule is O=C(/C=C(\O)c1ccc2ccc(/C(O)=C/C(=O)c3nn[nH]n3)cc2c1)c1nn[nH]n1. The fourth-order valence-corrected chi connectivity index (χ4v) is 2.64. The van der Waals surface area contributed by atoms with Crippen molar-refractivity contribution in [2.75, 3.05) is 0 Å². The van der Waals surface area contributed by atoms with Crippen LogP contribution in [0.25, 0.3) is 22.3 Å². The number of aliphatic hydroxyl groups is 2. The van der Waals surface area contributed by atoms with Gasteiger partial charge in [-0.3, -0.25) is 9.59 Å². The largest absolute Gasteiger partial charge is 0.507 e. The van der Waals surface area contributed by atoms with Crippen LogP contribution in [0.5, 0.6) is 0 Å². The van der Waals surface area contributed by atoms with Gasteiger partial charge in [0.15, 0.2) is 0 Å². The number of H-pyrrole nitrogens is 2. The van der Waals surface area contributed by atoms with Gasteiger partial charge in [-0.15, -0.1) is 20.4 Å². The Kier molecular flexibility index (Phi) is 4.78. The standard InChI is InChI=1S/C18H12N8O4/c27-13(7-15(29)17-19-23-24-20-17)10-3-1-9-2-4-11(6-12(9)5-10)14(28)8-16(30)18-21-25-26-22-18/h1-8,27-28H,(H,19,20,23,24)(H,21,22,25,26)/b13-7-,14-8-. The molecule has 0 saturated heterocycles. The van der Waals surface area contributed by atoms with E-state index in [9.17, 15) is 19.8 Å². The zero-order chi connectivity index (χ0) is 21.1. The number of fused-ring (bicyclic) bond motifs is 1. The first kappa shape index (κ1) is 18.6. The summed E-state index contributed by atoms with van der Waals surface area (Å²) in [6.07, 6.45) is 1.97. The van der Waals surface area contributed by atoms with Crippen molar-refractivity contribution in [3.05, 3.63) is 71.3 Å². The summed E-state index contributed by atoms with van der Waals surface area (Å²) in [6.45, 7) is 0. The molecule has 0 radical (unpaired) electrons. The van der Waals surface area contributed by atoms with E-state index in [0.717, 1.165) is 17.5 Å². The molecule has 12 heteroatoms. The van der Waals surface area contributed by atoms with Crippen molar-refractivity contribution >= 4 is 33.9 Å². The van der Waals surface area contributed by atoms with Crippen LogP contribution < -0.4 is 0 Å². The molecule has 0 aliphatic heterocycles. The second-order valence-electron chi connectivity index (χ2n) is 6.04. The molecule has 0 bridgehead atoms.